The molecule has 6 nitrogen and oxygen atoms in total. The van der Waals surface area contributed by atoms with Crippen molar-refractivity contribution in [3.63, 3.8) is 0 Å². The fourth-order valence-corrected chi connectivity index (χ4v) is 1.81. The Kier molecular flexibility index (Phi) is 2.89. The van der Waals surface area contributed by atoms with E-state index in [1.165, 1.54) is 0 Å². The molecule has 1 fully saturated rings. The van der Waals surface area contributed by atoms with E-state index in [0.717, 1.165) is 19.5 Å². The van der Waals surface area contributed by atoms with Gasteiger partial charge in [-0.2, -0.15) is 0 Å². The van der Waals surface area contributed by atoms with Crippen LogP contribution >= 0.6 is 0 Å². The van der Waals surface area contributed by atoms with E-state index < -0.39 is 0 Å². The zero-order valence-corrected chi connectivity index (χ0v) is 9.17. The first-order valence-corrected chi connectivity index (χ1v) is 5.26. The first kappa shape index (κ1) is 10.7. The summed E-state index contributed by atoms with van der Waals surface area (Å²) in [6, 6.07) is 1.62. The van der Waals surface area contributed by atoms with Gasteiger partial charge in [-0.3, -0.25) is 0 Å². The molecule has 1 unspecified atom stereocenters. The molecule has 1 aromatic rings. The quantitative estimate of drug-likeness (QED) is 0.327. The third-order valence-electron chi connectivity index (χ3n) is 2.72. The predicted molar refractivity (Wildman–Crippen MR) is 60.5 cm³/mol. The molecule has 2 rings (SSSR count). The van der Waals surface area contributed by atoms with Crippen LogP contribution < -0.4 is 10.6 Å². The highest BCUT2D eigenvalue weighted by Gasteiger charge is 2.21. The van der Waals surface area contributed by atoms with E-state index in [0.29, 0.717) is 17.6 Å². The largest absolute Gasteiger partial charge is 0.409 e. The Labute approximate surface area is 93.8 Å². The van der Waals surface area contributed by atoms with Crippen molar-refractivity contribution < 1.29 is 5.21 Å². The predicted octanol–water partition coefficient (Wildman–Crippen LogP) is 0.417. The van der Waals surface area contributed by atoms with Gasteiger partial charge in [0, 0.05) is 19.3 Å². The average Bonchev–Trinajstić information content (AvgIpc) is 2.75. The summed E-state index contributed by atoms with van der Waals surface area (Å²) in [5.74, 6) is 1.32. The van der Waals surface area contributed by atoms with Crippen molar-refractivity contribution in [3.8, 4) is 0 Å². The highest BCUT2D eigenvalue weighted by molar-refractivity contribution is 5.95. The molecule has 0 aliphatic carbocycles. The van der Waals surface area contributed by atoms with Crippen molar-refractivity contribution in [1.29, 1.82) is 0 Å². The van der Waals surface area contributed by atoms with Crippen molar-refractivity contribution in [2.45, 2.75) is 13.3 Å². The summed E-state index contributed by atoms with van der Waals surface area (Å²) in [6.07, 6.45) is 2.77. The molecule has 1 aliphatic rings. The molecule has 1 saturated heterocycles. The molecular formula is C10H15N5O. The Morgan fingerprint density at radius 1 is 1.69 bits per heavy atom. The minimum Gasteiger partial charge on any atom is -0.409 e. The molecule has 2 heterocycles. The van der Waals surface area contributed by atoms with E-state index in [9.17, 15) is 0 Å². The fraction of sp³-hybridized carbons (Fsp3) is 0.500. The van der Waals surface area contributed by atoms with Gasteiger partial charge in [-0.25, -0.2) is 9.97 Å². The summed E-state index contributed by atoms with van der Waals surface area (Å²) >= 11 is 0. The van der Waals surface area contributed by atoms with E-state index in [-0.39, 0.29) is 5.84 Å². The van der Waals surface area contributed by atoms with E-state index >= 15 is 0 Å². The summed E-state index contributed by atoms with van der Waals surface area (Å²) in [5.41, 5.74) is 5.93. The number of anilines is 1. The lowest BCUT2D eigenvalue weighted by atomic mass is 10.2. The fourth-order valence-electron chi connectivity index (χ4n) is 1.81. The van der Waals surface area contributed by atoms with Gasteiger partial charge in [-0.1, -0.05) is 12.1 Å². The number of amidine groups is 1. The SMILES string of the molecule is CC1CCN(c2nccc(/C(N)=N/O)n2)C1. The third-order valence-corrected chi connectivity index (χ3v) is 2.72. The van der Waals surface area contributed by atoms with Gasteiger partial charge in [0.15, 0.2) is 5.84 Å². The average molecular weight is 221 g/mol. The second-order valence-electron chi connectivity index (χ2n) is 4.07. The summed E-state index contributed by atoms with van der Waals surface area (Å²) in [7, 11) is 0. The lowest BCUT2D eigenvalue weighted by Gasteiger charge is -2.15. The Morgan fingerprint density at radius 3 is 3.12 bits per heavy atom. The van der Waals surface area contributed by atoms with Gasteiger partial charge >= 0.3 is 0 Å². The minimum absolute atomic E-state index is 0.0101. The molecule has 16 heavy (non-hydrogen) atoms. The van der Waals surface area contributed by atoms with Crippen LogP contribution in [0.2, 0.25) is 0 Å². The Morgan fingerprint density at radius 2 is 2.50 bits per heavy atom. The van der Waals surface area contributed by atoms with Crippen LogP contribution in [-0.4, -0.2) is 34.1 Å². The van der Waals surface area contributed by atoms with E-state index in [1.807, 2.05) is 0 Å². The molecule has 0 radical (unpaired) electrons. The molecule has 1 aliphatic heterocycles. The van der Waals surface area contributed by atoms with Gasteiger partial charge in [0.05, 0.1) is 0 Å². The third kappa shape index (κ3) is 2.05. The molecule has 1 atom stereocenters. The minimum atomic E-state index is 0.0101. The summed E-state index contributed by atoms with van der Waals surface area (Å²) < 4.78 is 0. The zero-order valence-electron chi connectivity index (χ0n) is 9.17. The van der Waals surface area contributed by atoms with Gasteiger partial charge < -0.3 is 15.8 Å². The molecule has 0 saturated carbocycles. The lowest BCUT2D eigenvalue weighted by Crippen LogP contribution is -2.23. The highest BCUT2D eigenvalue weighted by Crippen LogP contribution is 2.19. The number of oxime groups is 1. The molecule has 3 N–H and O–H groups in total. The van der Waals surface area contributed by atoms with Crippen molar-refractivity contribution >= 4 is 11.8 Å². The van der Waals surface area contributed by atoms with E-state index in [2.05, 4.69) is 26.9 Å². The summed E-state index contributed by atoms with van der Waals surface area (Å²) in [5, 5.41) is 11.5. The van der Waals surface area contributed by atoms with Crippen LogP contribution in [0, 0.1) is 5.92 Å². The Hall–Kier alpha value is -1.85. The maximum absolute atomic E-state index is 8.58. The molecule has 0 bridgehead atoms. The number of nitrogens with two attached hydrogens (primary N) is 1. The van der Waals surface area contributed by atoms with Crippen molar-refractivity contribution in [1.82, 2.24) is 9.97 Å². The topological polar surface area (TPSA) is 87.6 Å². The number of hydrogen-bond acceptors (Lipinski definition) is 5. The van der Waals surface area contributed by atoms with Crippen LogP contribution in [0.25, 0.3) is 0 Å². The number of nitrogens with zero attached hydrogens (tertiary/aromatic N) is 4. The van der Waals surface area contributed by atoms with Crippen LogP contribution in [0.3, 0.4) is 0 Å². The monoisotopic (exact) mass is 221 g/mol. The molecular weight excluding hydrogens is 206 g/mol. The second-order valence-corrected chi connectivity index (χ2v) is 4.07. The number of rotatable bonds is 2. The summed E-state index contributed by atoms with van der Waals surface area (Å²) in [6.45, 7) is 4.12. The second kappa shape index (κ2) is 4.34. The molecule has 6 heteroatoms. The van der Waals surface area contributed by atoms with Crippen LogP contribution in [0.4, 0.5) is 5.95 Å². The summed E-state index contributed by atoms with van der Waals surface area (Å²) in [4.78, 5) is 10.6. The van der Waals surface area contributed by atoms with Crippen LogP contribution in [0.1, 0.15) is 19.0 Å². The maximum atomic E-state index is 8.58. The lowest BCUT2D eigenvalue weighted by molar-refractivity contribution is 0.318. The zero-order chi connectivity index (χ0) is 11.5. The number of hydrogen-bond donors (Lipinski definition) is 2. The van der Waals surface area contributed by atoms with Crippen molar-refractivity contribution in [2.75, 3.05) is 18.0 Å². The maximum Gasteiger partial charge on any atom is 0.225 e. The van der Waals surface area contributed by atoms with Gasteiger partial charge in [-0.05, 0) is 18.4 Å². The number of aromatic nitrogens is 2. The van der Waals surface area contributed by atoms with Crippen LogP contribution in [0.5, 0.6) is 0 Å². The highest BCUT2D eigenvalue weighted by atomic mass is 16.4. The molecule has 0 amide bonds. The smallest absolute Gasteiger partial charge is 0.225 e. The van der Waals surface area contributed by atoms with Gasteiger partial charge in [-0.15, -0.1) is 0 Å². The normalized spacial score (nSPS) is 21.4. The standard InChI is InChI=1S/C10H15N5O/c1-7-3-5-15(6-7)10-12-4-2-8(13-10)9(11)14-16/h2,4,7,16H,3,5-6H2,1H3,(H2,11,14). The molecule has 86 valence electrons. The van der Waals surface area contributed by atoms with Crippen LogP contribution in [0.15, 0.2) is 17.4 Å². The van der Waals surface area contributed by atoms with Gasteiger partial charge in [0.2, 0.25) is 5.95 Å². The van der Waals surface area contributed by atoms with Gasteiger partial charge in [0.1, 0.15) is 5.69 Å². The molecule has 0 aromatic carbocycles. The van der Waals surface area contributed by atoms with Crippen molar-refractivity contribution in [3.05, 3.63) is 18.0 Å². The molecule has 0 spiro atoms. The van der Waals surface area contributed by atoms with Crippen molar-refractivity contribution in [2.24, 2.45) is 16.8 Å². The molecule has 1 aromatic heterocycles. The van der Waals surface area contributed by atoms with Crippen LogP contribution in [-0.2, 0) is 0 Å². The Bertz CT molecular complexity index is 406. The van der Waals surface area contributed by atoms with Gasteiger partial charge in [0.25, 0.3) is 0 Å². The van der Waals surface area contributed by atoms with E-state index in [1.54, 1.807) is 12.3 Å². The first-order valence-electron chi connectivity index (χ1n) is 5.26. The van der Waals surface area contributed by atoms with E-state index in [4.69, 9.17) is 10.9 Å². The first-order chi connectivity index (χ1) is 7.70. The Balaban J connectivity index is 2.22.